The van der Waals surface area contributed by atoms with Gasteiger partial charge in [0.2, 0.25) is 5.91 Å². The van der Waals surface area contributed by atoms with Gasteiger partial charge >= 0.3 is 6.03 Å². The highest BCUT2D eigenvalue weighted by Gasteiger charge is 2.23. The Balaban J connectivity index is 1.36. The Bertz CT molecular complexity index is 976. The van der Waals surface area contributed by atoms with Crippen LogP contribution in [0.5, 0.6) is 0 Å². The Morgan fingerprint density at radius 3 is 2.37 bits per heavy atom. The summed E-state index contributed by atoms with van der Waals surface area (Å²) in [6.07, 6.45) is 4.07. The van der Waals surface area contributed by atoms with Gasteiger partial charge in [0.1, 0.15) is 0 Å². The minimum atomic E-state index is -0.197. The second kappa shape index (κ2) is 7.45. The van der Waals surface area contributed by atoms with E-state index in [1.807, 2.05) is 30.3 Å². The second-order valence-corrected chi connectivity index (χ2v) is 6.67. The van der Waals surface area contributed by atoms with Crippen molar-refractivity contribution in [3.8, 4) is 0 Å². The number of pyridine rings is 1. The van der Waals surface area contributed by atoms with Crippen LogP contribution in [0.25, 0.3) is 10.9 Å². The van der Waals surface area contributed by atoms with Crippen LogP contribution in [0.15, 0.2) is 60.8 Å². The Labute approximate surface area is 157 Å². The minimum absolute atomic E-state index is 0.111. The van der Waals surface area contributed by atoms with Crippen LogP contribution < -0.4 is 16.0 Å². The van der Waals surface area contributed by atoms with Gasteiger partial charge in [0.05, 0.1) is 11.9 Å². The third kappa shape index (κ3) is 4.41. The lowest BCUT2D eigenvalue weighted by molar-refractivity contribution is -0.115. The quantitative estimate of drug-likeness (QED) is 0.649. The fraction of sp³-hybridized carbons (Fsp3) is 0.190. The summed E-state index contributed by atoms with van der Waals surface area (Å²) >= 11 is 0. The van der Waals surface area contributed by atoms with Crippen LogP contribution in [0.2, 0.25) is 0 Å². The van der Waals surface area contributed by atoms with E-state index in [4.69, 9.17) is 0 Å². The van der Waals surface area contributed by atoms with Crippen LogP contribution in [0.3, 0.4) is 0 Å². The fourth-order valence-electron chi connectivity index (χ4n) is 2.91. The number of carbonyl (C=O) groups excluding carboxylic acids is 2. The van der Waals surface area contributed by atoms with Crippen molar-refractivity contribution >= 4 is 34.2 Å². The summed E-state index contributed by atoms with van der Waals surface area (Å²) in [5.74, 6) is -0.111. The molecule has 0 unspecified atom stereocenters. The van der Waals surface area contributed by atoms with Crippen molar-refractivity contribution < 1.29 is 9.59 Å². The number of hydrogen-bond acceptors (Lipinski definition) is 3. The van der Waals surface area contributed by atoms with Crippen LogP contribution in [0.1, 0.15) is 18.4 Å². The molecule has 4 rings (SSSR count). The van der Waals surface area contributed by atoms with Gasteiger partial charge in [-0.3, -0.25) is 9.78 Å². The fourth-order valence-corrected chi connectivity index (χ4v) is 2.91. The molecule has 136 valence electrons. The van der Waals surface area contributed by atoms with Gasteiger partial charge in [0.25, 0.3) is 0 Å². The number of anilines is 2. The van der Waals surface area contributed by atoms with Crippen LogP contribution in [0, 0.1) is 0 Å². The molecular weight excluding hydrogens is 340 g/mol. The van der Waals surface area contributed by atoms with Gasteiger partial charge in [-0.1, -0.05) is 24.3 Å². The summed E-state index contributed by atoms with van der Waals surface area (Å²) < 4.78 is 0. The number of nitrogens with zero attached hydrogens (tertiary/aromatic N) is 1. The largest absolute Gasteiger partial charge is 0.335 e. The van der Waals surface area contributed by atoms with Crippen molar-refractivity contribution in [1.82, 2.24) is 10.3 Å². The maximum atomic E-state index is 12.4. The zero-order valence-electron chi connectivity index (χ0n) is 14.7. The van der Waals surface area contributed by atoms with Crippen LogP contribution >= 0.6 is 0 Å². The first-order valence-corrected chi connectivity index (χ1v) is 8.97. The second-order valence-electron chi connectivity index (χ2n) is 6.67. The molecule has 1 aliphatic rings. The molecule has 0 atom stereocenters. The highest BCUT2D eigenvalue weighted by molar-refractivity contribution is 5.95. The molecule has 1 heterocycles. The van der Waals surface area contributed by atoms with E-state index < -0.39 is 0 Å². The van der Waals surface area contributed by atoms with Crippen molar-refractivity contribution in [1.29, 1.82) is 0 Å². The Kier molecular flexibility index (Phi) is 4.70. The molecule has 6 heteroatoms. The molecule has 0 spiro atoms. The maximum absolute atomic E-state index is 12.4. The molecular formula is C21H20N4O2. The number of amides is 3. The van der Waals surface area contributed by atoms with E-state index >= 15 is 0 Å². The van der Waals surface area contributed by atoms with Gasteiger partial charge in [-0.15, -0.1) is 0 Å². The number of aromatic nitrogens is 1. The van der Waals surface area contributed by atoms with E-state index in [0.717, 1.165) is 29.3 Å². The summed E-state index contributed by atoms with van der Waals surface area (Å²) in [4.78, 5) is 28.5. The molecule has 1 fully saturated rings. The van der Waals surface area contributed by atoms with E-state index in [1.165, 1.54) is 0 Å². The van der Waals surface area contributed by atoms with E-state index in [9.17, 15) is 9.59 Å². The SMILES string of the molecule is O=C(Cc1cccc2cccnc12)Nc1ccc(NC(=O)NC2CC2)cc1. The van der Waals surface area contributed by atoms with Crippen molar-refractivity contribution in [2.45, 2.75) is 25.3 Å². The van der Waals surface area contributed by atoms with Crippen LogP contribution in [0.4, 0.5) is 16.2 Å². The van der Waals surface area contributed by atoms with E-state index in [0.29, 0.717) is 17.4 Å². The first-order chi connectivity index (χ1) is 13.2. The van der Waals surface area contributed by atoms with Gasteiger partial charge in [-0.05, 0) is 48.7 Å². The number of fused-ring (bicyclic) bond motifs is 1. The molecule has 3 N–H and O–H groups in total. The molecule has 2 aromatic carbocycles. The summed E-state index contributed by atoms with van der Waals surface area (Å²) in [6, 6.07) is 16.9. The smallest absolute Gasteiger partial charge is 0.319 e. The molecule has 6 nitrogen and oxygen atoms in total. The number of hydrogen-bond donors (Lipinski definition) is 3. The number of benzene rings is 2. The number of rotatable bonds is 5. The molecule has 27 heavy (non-hydrogen) atoms. The Hall–Kier alpha value is -3.41. The van der Waals surface area contributed by atoms with E-state index in [1.54, 1.807) is 30.5 Å². The molecule has 0 radical (unpaired) electrons. The van der Waals surface area contributed by atoms with Crippen LogP contribution in [-0.4, -0.2) is 23.0 Å². The summed E-state index contributed by atoms with van der Waals surface area (Å²) in [5, 5.41) is 9.55. The van der Waals surface area contributed by atoms with E-state index in [-0.39, 0.29) is 18.4 Å². The topological polar surface area (TPSA) is 83.1 Å². The summed E-state index contributed by atoms with van der Waals surface area (Å²) in [6.45, 7) is 0. The predicted molar refractivity (Wildman–Crippen MR) is 106 cm³/mol. The number of para-hydroxylation sites is 1. The molecule has 0 saturated heterocycles. The number of carbonyl (C=O) groups is 2. The van der Waals surface area contributed by atoms with Crippen molar-refractivity contribution in [2.24, 2.45) is 0 Å². The first kappa shape index (κ1) is 17.0. The van der Waals surface area contributed by atoms with Gasteiger partial charge in [0.15, 0.2) is 0 Å². The standard InChI is InChI=1S/C21H20N4O2/c26-19(13-15-4-1-3-14-5-2-12-22-20(14)15)23-16-6-8-17(9-7-16)24-21(27)25-18-10-11-18/h1-9,12,18H,10-11,13H2,(H,23,26)(H2,24,25,27). The van der Waals surface area contributed by atoms with Gasteiger partial charge in [0, 0.05) is 29.0 Å². The molecule has 3 amide bonds. The number of nitrogens with one attached hydrogen (secondary N) is 3. The third-order valence-corrected chi connectivity index (χ3v) is 4.41. The molecule has 3 aromatic rings. The molecule has 1 aliphatic carbocycles. The zero-order valence-corrected chi connectivity index (χ0v) is 14.7. The summed E-state index contributed by atoms with van der Waals surface area (Å²) in [7, 11) is 0. The lowest BCUT2D eigenvalue weighted by atomic mass is 10.1. The van der Waals surface area contributed by atoms with Crippen molar-refractivity contribution in [2.75, 3.05) is 10.6 Å². The van der Waals surface area contributed by atoms with E-state index in [2.05, 4.69) is 20.9 Å². The average molecular weight is 360 g/mol. The Morgan fingerprint density at radius 2 is 1.63 bits per heavy atom. The minimum Gasteiger partial charge on any atom is -0.335 e. The monoisotopic (exact) mass is 360 g/mol. The van der Waals surface area contributed by atoms with Gasteiger partial charge < -0.3 is 16.0 Å². The van der Waals surface area contributed by atoms with Crippen molar-refractivity contribution in [3.63, 3.8) is 0 Å². The maximum Gasteiger partial charge on any atom is 0.319 e. The molecule has 1 saturated carbocycles. The lowest BCUT2D eigenvalue weighted by Crippen LogP contribution is -2.30. The average Bonchev–Trinajstić information content (AvgIpc) is 3.47. The van der Waals surface area contributed by atoms with Gasteiger partial charge in [-0.2, -0.15) is 0 Å². The van der Waals surface area contributed by atoms with Gasteiger partial charge in [-0.25, -0.2) is 4.79 Å². The lowest BCUT2D eigenvalue weighted by Gasteiger charge is -2.09. The molecule has 0 bridgehead atoms. The predicted octanol–water partition coefficient (Wildman–Crippen LogP) is 3.70. The first-order valence-electron chi connectivity index (χ1n) is 8.97. The Morgan fingerprint density at radius 1 is 0.926 bits per heavy atom. The van der Waals surface area contributed by atoms with Crippen molar-refractivity contribution in [3.05, 3.63) is 66.4 Å². The number of urea groups is 1. The molecule has 1 aromatic heterocycles. The highest BCUT2D eigenvalue weighted by Crippen LogP contribution is 2.20. The zero-order chi connectivity index (χ0) is 18.6. The summed E-state index contributed by atoms with van der Waals surface area (Å²) in [5.41, 5.74) is 3.10. The highest BCUT2D eigenvalue weighted by atomic mass is 16.2. The molecule has 0 aliphatic heterocycles. The van der Waals surface area contributed by atoms with Crippen LogP contribution in [-0.2, 0) is 11.2 Å². The normalized spacial score (nSPS) is 13.2. The third-order valence-electron chi connectivity index (χ3n) is 4.41.